The summed E-state index contributed by atoms with van der Waals surface area (Å²) in [4.78, 5) is 13.6. The fourth-order valence-corrected chi connectivity index (χ4v) is 4.65. The summed E-state index contributed by atoms with van der Waals surface area (Å²) in [5.74, 6) is -1.54. The third kappa shape index (κ3) is 11.3. The van der Waals surface area contributed by atoms with Crippen molar-refractivity contribution in [3.63, 3.8) is 0 Å². The Morgan fingerprint density at radius 3 is 1.77 bits per heavy atom. The highest BCUT2D eigenvalue weighted by Crippen LogP contribution is 2.36. The molecular formula is C31H35F6N3O3. The topological polar surface area (TPSA) is 73.8 Å². The molecule has 3 N–H and O–H groups in total. The second kappa shape index (κ2) is 15.9. The predicted octanol–water partition coefficient (Wildman–Crippen LogP) is 5.64. The number of carboxylic acids is 1. The highest BCUT2D eigenvalue weighted by molar-refractivity contribution is 5.69. The number of rotatable bonds is 10. The largest absolute Gasteiger partial charge is 0.480 e. The zero-order valence-corrected chi connectivity index (χ0v) is 23.6. The number of aliphatic carboxylic acids is 1. The van der Waals surface area contributed by atoms with Gasteiger partial charge in [0.25, 0.3) is 0 Å². The number of hydrogen-bond acceptors (Lipinski definition) is 5. The first kappa shape index (κ1) is 34.0. The van der Waals surface area contributed by atoms with Crippen LogP contribution in [0.15, 0.2) is 78.9 Å². The summed E-state index contributed by atoms with van der Waals surface area (Å²) in [7, 11) is 2.15. The first-order chi connectivity index (χ1) is 20.3. The van der Waals surface area contributed by atoms with Crippen LogP contribution < -0.4 is 10.6 Å². The summed E-state index contributed by atoms with van der Waals surface area (Å²) in [6.45, 7) is 3.60. The highest BCUT2D eigenvalue weighted by atomic mass is 19.4. The van der Waals surface area contributed by atoms with Crippen molar-refractivity contribution in [2.45, 2.75) is 30.9 Å². The molecule has 0 amide bonds. The Kier molecular flexibility index (Phi) is 12.6. The van der Waals surface area contributed by atoms with Crippen LogP contribution in [0.2, 0.25) is 0 Å². The molecular weight excluding hydrogens is 576 g/mol. The van der Waals surface area contributed by atoms with E-state index in [1.807, 2.05) is 60.7 Å². The van der Waals surface area contributed by atoms with Gasteiger partial charge in [0.2, 0.25) is 0 Å². The summed E-state index contributed by atoms with van der Waals surface area (Å²) in [5.41, 5.74) is -1.50. The molecule has 43 heavy (non-hydrogen) atoms. The standard InChI is InChI=1S/C26H23F6NO3.C5H12N2/c27-25(28,29)20-11-17(12-21(13-20)26(30,31)32)15-36-16-22(33-14-23(34)35)24(18-7-3-1-4-8-18)19-9-5-2-6-10-19;1-7-4-2-6-3-5-7/h1-13,22,24,33H,14-16H2,(H,34,35);6H,2-5H2,1H3. The number of benzene rings is 3. The third-order valence-electron chi connectivity index (χ3n) is 6.79. The number of carboxylic acid groups (broad SMARTS) is 1. The first-order valence-electron chi connectivity index (χ1n) is 13.6. The Labute approximate surface area is 246 Å². The van der Waals surface area contributed by atoms with Crippen LogP contribution in [0.25, 0.3) is 0 Å². The monoisotopic (exact) mass is 611 g/mol. The number of halogens is 6. The number of ether oxygens (including phenoxy) is 1. The molecule has 0 aliphatic carbocycles. The number of nitrogens with zero attached hydrogens (tertiary/aromatic N) is 1. The maximum Gasteiger partial charge on any atom is 0.416 e. The minimum atomic E-state index is -4.96. The Balaban J connectivity index is 0.000000633. The molecule has 1 unspecified atom stereocenters. The minimum Gasteiger partial charge on any atom is -0.480 e. The van der Waals surface area contributed by atoms with Gasteiger partial charge in [0, 0.05) is 38.1 Å². The van der Waals surface area contributed by atoms with Gasteiger partial charge in [-0.1, -0.05) is 60.7 Å². The number of carbonyl (C=O) groups is 1. The van der Waals surface area contributed by atoms with Gasteiger partial charge in [-0.3, -0.25) is 4.79 Å². The third-order valence-corrected chi connectivity index (χ3v) is 6.79. The van der Waals surface area contributed by atoms with Crippen LogP contribution in [0.4, 0.5) is 26.3 Å². The van der Waals surface area contributed by atoms with E-state index in [-0.39, 0.29) is 18.2 Å². The zero-order chi connectivity index (χ0) is 31.5. The Bertz CT molecular complexity index is 1200. The van der Waals surface area contributed by atoms with E-state index in [1.54, 1.807) is 0 Å². The lowest BCUT2D eigenvalue weighted by Crippen LogP contribution is -2.42. The fraction of sp³-hybridized carbons (Fsp3) is 0.387. The average molecular weight is 612 g/mol. The van der Waals surface area contributed by atoms with Gasteiger partial charge in [-0.25, -0.2) is 0 Å². The van der Waals surface area contributed by atoms with Crippen molar-refractivity contribution in [2.75, 3.05) is 46.4 Å². The Morgan fingerprint density at radius 2 is 1.37 bits per heavy atom. The van der Waals surface area contributed by atoms with Gasteiger partial charge in [0.1, 0.15) is 0 Å². The van der Waals surface area contributed by atoms with Crippen molar-refractivity contribution in [3.8, 4) is 0 Å². The van der Waals surface area contributed by atoms with E-state index in [9.17, 15) is 36.2 Å². The SMILES string of the molecule is CN1CCNCC1.O=C(O)CNC(COCc1cc(C(F)(F)F)cc(C(F)(F)F)c1)C(c1ccccc1)c1ccccc1. The van der Waals surface area contributed by atoms with E-state index in [4.69, 9.17) is 4.74 Å². The average Bonchev–Trinajstić information content (AvgIpc) is 2.96. The molecule has 1 heterocycles. The van der Waals surface area contributed by atoms with Gasteiger partial charge in [0.05, 0.1) is 30.9 Å². The maximum absolute atomic E-state index is 13.2. The quantitative estimate of drug-likeness (QED) is 0.258. The van der Waals surface area contributed by atoms with Crippen LogP contribution >= 0.6 is 0 Å². The van der Waals surface area contributed by atoms with Gasteiger partial charge in [-0.15, -0.1) is 0 Å². The zero-order valence-electron chi connectivity index (χ0n) is 23.6. The van der Waals surface area contributed by atoms with Gasteiger partial charge >= 0.3 is 18.3 Å². The fourth-order valence-electron chi connectivity index (χ4n) is 4.65. The number of piperazine rings is 1. The lowest BCUT2D eigenvalue weighted by atomic mass is 9.85. The Morgan fingerprint density at radius 1 is 0.884 bits per heavy atom. The maximum atomic E-state index is 13.2. The second-order valence-electron chi connectivity index (χ2n) is 10.2. The minimum absolute atomic E-state index is 0.0571. The molecule has 1 atom stereocenters. The normalized spacial score (nSPS) is 15.1. The van der Waals surface area contributed by atoms with E-state index in [2.05, 4.69) is 22.6 Å². The molecule has 6 nitrogen and oxygen atoms in total. The molecule has 234 valence electrons. The Hall–Kier alpha value is -3.45. The van der Waals surface area contributed by atoms with Gasteiger partial charge in [-0.2, -0.15) is 26.3 Å². The molecule has 0 bridgehead atoms. The van der Waals surface area contributed by atoms with Crippen LogP contribution in [0.3, 0.4) is 0 Å². The van der Waals surface area contributed by atoms with Crippen molar-refractivity contribution in [3.05, 3.63) is 107 Å². The number of alkyl halides is 6. The molecule has 12 heteroatoms. The molecule has 1 aliphatic rings. The number of likely N-dealkylation sites (N-methyl/N-ethyl adjacent to an activating group) is 1. The molecule has 1 aliphatic heterocycles. The van der Waals surface area contributed by atoms with Crippen LogP contribution in [0.1, 0.15) is 33.7 Å². The van der Waals surface area contributed by atoms with Crippen molar-refractivity contribution in [2.24, 2.45) is 0 Å². The molecule has 1 saturated heterocycles. The second-order valence-corrected chi connectivity index (χ2v) is 10.2. The summed E-state index contributed by atoms with van der Waals surface area (Å²) in [6, 6.07) is 18.9. The first-order valence-corrected chi connectivity index (χ1v) is 13.6. The molecule has 3 aromatic carbocycles. The highest BCUT2D eigenvalue weighted by Gasteiger charge is 2.37. The van der Waals surface area contributed by atoms with E-state index in [0.29, 0.717) is 12.1 Å². The molecule has 0 aromatic heterocycles. The number of hydrogen-bond donors (Lipinski definition) is 3. The number of nitrogens with one attached hydrogen (secondary N) is 2. The smallest absolute Gasteiger partial charge is 0.416 e. The van der Waals surface area contributed by atoms with E-state index >= 15 is 0 Å². The molecule has 3 aromatic rings. The van der Waals surface area contributed by atoms with Crippen LogP contribution in [-0.2, 0) is 28.5 Å². The lowest BCUT2D eigenvalue weighted by molar-refractivity contribution is -0.143. The molecule has 1 fully saturated rings. The van der Waals surface area contributed by atoms with Crippen LogP contribution in [0.5, 0.6) is 0 Å². The van der Waals surface area contributed by atoms with Gasteiger partial charge < -0.3 is 25.4 Å². The summed E-state index contributed by atoms with van der Waals surface area (Å²) < 4.78 is 84.6. The predicted molar refractivity (Wildman–Crippen MR) is 151 cm³/mol. The molecule has 4 rings (SSSR count). The van der Waals surface area contributed by atoms with Crippen LogP contribution in [0, 0.1) is 0 Å². The molecule has 0 radical (unpaired) electrons. The summed E-state index contributed by atoms with van der Waals surface area (Å²) in [6.07, 6.45) is -9.93. The van der Waals surface area contributed by atoms with E-state index < -0.39 is 54.6 Å². The molecule has 0 spiro atoms. The van der Waals surface area contributed by atoms with E-state index in [1.165, 1.54) is 13.1 Å². The van der Waals surface area contributed by atoms with Crippen molar-refractivity contribution in [1.29, 1.82) is 0 Å². The van der Waals surface area contributed by atoms with Gasteiger partial charge in [-0.05, 0) is 41.9 Å². The summed E-state index contributed by atoms with van der Waals surface area (Å²) >= 11 is 0. The van der Waals surface area contributed by atoms with Crippen molar-refractivity contribution >= 4 is 5.97 Å². The van der Waals surface area contributed by atoms with Gasteiger partial charge in [0.15, 0.2) is 0 Å². The van der Waals surface area contributed by atoms with Crippen LogP contribution in [-0.4, -0.2) is 68.4 Å². The van der Waals surface area contributed by atoms with Crippen molar-refractivity contribution < 1.29 is 41.0 Å². The molecule has 0 saturated carbocycles. The lowest BCUT2D eigenvalue weighted by Gasteiger charge is -2.29. The van der Waals surface area contributed by atoms with E-state index in [0.717, 1.165) is 24.2 Å². The summed E-state index contributed by atoms with van der Waals surface area (Å²) in [5, 5.41) is 15.3. The van der Waals surface area contributed by atoms with Crippen molar-refractivity contribution in [1.82, 2.24) is 15.5 Å².